The monoisotopic (exact) mass is 391 g/mol. The standard InChI is InChI=1S/C23H25N3O3/c1-14(13-28-2)24-23(27)16-6-4-15(5-7-16)21-20-10-8-17-12-18(29-3)9-11-19(17)22(20)26-25-21/h4-7,9,11-12,14H,8,10,13H2,1-3H3,(H,24,27)(H,25,26)/t14-/m0/s1. The number of hydrogen-bond acceptors (Lipinski definition) is 4. The van der Waals surface area contributed by atoms with Crippen molar-refractivity contribution in [1.82, 2.24) is 15.5 Å². The topological polar surface area (TPSA) is 76.2 Å². The van der Waals surface area contributed by atoms with Crippen LogP contribution < -0.4 is 10.1 Å². The molecule has 150 valence electrons. The van der Waals surface area contributed by atoms with Crippen molar-refractivity contribution in [1.29, 1.82) is 0 Å². The molecule has 6 nitrogen and oxygen atoms in total. The number of nitrogens with zero attached hydrogens (tertiary/aromatic N) is 1. The van der Waals surface area contributed by atoms with Gasteiger partial charge in [0, 0.05) is 35.4 Å². The summed E-state index contributed by atoms with van der Waals surface area (Å²) in [6, 6.07) is 13.7. The van der Waals surface area contributed by atoms with E-state index >= 15 is 0 Å². The molecule has 0 unspecified atom stereocenters. The Kier molecular flexibility index (Phi) is 5.36. The molecule has 29 heavy (non-hydrogen) atoms. The van der Waals surface area contributed by atoms with Gasteiger partial charge in [-0.3, -0.25) is 9.89 Å². The number of rotatable bonds is 6. The van der Waals surface area contributed by atoms with Gasteiger partial charge in [0.1, 0.15) is 5.75 Å². The van der Waals surface area contributed by atoms with Crippen molar-refractivity contribution >= 4 is 5.91 Å². The highest BCUT2D eigenvalue weighted by Gasteiger charge is 2.23. The van der Waals surface area contributed by atoms with E-state index in [1.807, 2.05) is 37.3 Å². The summed E-state index contributed by atoms with van der Waals surface area (Å²) in [5.41, 5.74) is 7.30. The number of ether oxygens (including phenoxy) is 2. The molecule has 2 aromatic carbocycles. The number of fused-ring (bicyclic) bond motifs is 3. The fourth-order valence-corrected chi connectivity index (χ4v) is 3.86. The van der Waals surface area contributed by atoms with Crippen LogP contribution in [-0.4, -0.2) is 43.0 Å². The molecule has 3 aromatic rings. The zero-order valence-corrected chi connectivity index (χ0v) is 16.9. The van der Waals surface area contributed by atoms with Crippen molar-refractivity contribution < 1.29 is 14.3 Å². The molecule has 0 radical (unpaired) electrons. The van der Waals surface area contributed by atoms with E-state index in [0.717, 1.165) is 35.5 Å². The number of carbonyl (C=O) groups is 1. The van der Waals surface area contributed by atoms with Gasteiger partial charge in [-0.15, -0.1) is 0 Å². The summed E-state index contributed by atoms with van der Waals surface area (Å²) in [5, 5.41) is 10.7. The highest BCUT2D eigenvalue weighted by Crippen LogP contribution is 2.38. The lowest BCUT2D eigenvalue weighted by Gasteiger charge is -2.17. The highest BCUT2D eigenvalue weighted by molar-refractivity contribution is 5.95. The van der Waals surface area contributed by atoms with Crippen LogP contribution in [0, 0.1) is 0 Å². The molecular formula is C23H25N3O3. The van der Waals surface area contributed by atoms with Crippen LogP contribution in [0.4, 0.5) is 0 Å². The third kappa shape index (κ3) is 3.76. The van der Waals surface area contributed by atoms with Crippen LogP contribution in [0.2, 0.25) is 0 Å². The molecule has 0 fully saturated rings. The van der Waals surface area contributed by atoms with Gasteiger partial charge in [-0.1, -0.05) is 12.1 Å². The highest BCUT2D eigenvalue weighted by atomic mass is 16.5. The van der Waals surface area contributed by atoms with Crippen molar-refractivity contribution in [3.63, 3.8) is 0 Å². The minimum absolute atomic E-state index is 0.0378. The predicted octanol–water partition coefficient (Wildman–Crippen LogP) is 3.62. The van der Waals surface area contributed by atoms with Gasteiger partial charge in [-0.2, -0.15) is 5.10 Å². The lowest BCUT2D eigenvalue weighted by molar-refractivity contribution is 0.0905. The Morgan fingerprint density at radius 1 is 1.17 bits per heavy atom. The zero-order chi connectivity index (χ0) is 20.4. The van der Waals surface area contributed by atoms with Crippen molar-refractivity contribution in [3.8, 4) is 28.3 Å². The molecule has 1 aliphatic carbocycles. The first-order valence-corrected chi connectivity index (χ1v) is 9.75. The third-order valence-electron chi connectivity index (χ3n) is 5.31. The molecule has 0 spiro atoms. The number of H-pyrrole nitrogens is 1. The third-order valence-corrected chi connectivity index (χ3v) is 5.31. The molecule has 1 amide bonds. The summed E-state index contributed by atoms with van der Waals surface area (Å²) in [4.78, 5) is 12.4. The quantitative estimate of drug-likeness (QED) is 0.673. The summed E-state index contributed by atoms with van der Waals surface area (Å²) < 4.78 is 10.4. The van der Waals surface area contributed by atoms with Gasteiger partial charge < -0.3 is 14.8 Å². The number of hydrogen-bond donors (Lipinski definition) is 2. The maximum atomic E-state index is 12.4. The van der Waals surface area contributed by atoms with E-state index in [1.165, 1.54) is 16.7 Å². The van der Waals surface area contributed by atoms with Crippen molar-refractivity contribution in [2.45, 2.75) is 25.8 Å². The molecule has 6 heteroatoms. The van der Waals surface area contributed by atoms with Gasteiger partial charge in [0.25, 0.3) is 5.91 Å². The Labute approximate surface area is 170 Å². The minimum Gasteiger partial charge on any atom is -0.497 e. The fraction of sp³-hybridized carbons (Fsp3) is 0.304. The lowest BCUT2D eigenvalue weighted by atomic mass is 9.87. The van der Waals surface area contributed by atoms with Crippen LogP contribution in [0.15, 0.2) is 42.5 Å². The van der Waals surface area contributed by atoms with E-state index in [9.17, 15) is 4.79 Å². The Bertz CT molecular complexity index is 1020. The zero-order valence-electron chi connectivity index (χ0n) is 16.9. The number of aromatic nitrogens is 2. The van der Waals surface area contributed by atoms with Gasteiger partial charge in [0.15, 0.2) is 0 Å². The summed E-state index contributed by atoms with van der Waals surface area (Å²) in [7, 11) is 3.31. The molecule has 1 aromatic heterocycles. The van der Waals surface area contributed by atoms with Gasteiger partial charge in [0.2, 0.25) is 0 Å². The van der Waals surface area contributed by atoms with Crippen LogP contribution in [-0.2, 0) is 17.6 Å². The van der Waals surface area contributed by atoms with Crippen molar-refractivity contribution in [2.75, 3.05) is 20.8 Å². The van der Waals surface area contributed by atoms with Crippen LogP contribution in [0.5, 0.6) is 5.75 Å². The maximum absolute atomic E-state index is 12.4. The summed E-state index contributed by atoms with van der Waals surface area (Å²) in [5.74, 6) is 0.772. The molecule has 0 saturated carbocycles. The molecule has 1 atom stereocenters. The van der Waals surface area contributed by atoms with Gasteiger partial charge in [-0.25, -0.2) is 0 Å². The number of carbonyl (C=O) groups excluding carboxylic acids is 1. The molecule has 1 aliphatic rings. The second kappa shape index (κ2) is 8.09. The average Bonchev–Trinajstić information content (AvgIpc) is 3.18. The summed E-state index contributed by atoms with van der Waals surface area (Å²) in [6.07, 6.45) is 1.86. The first-order valence-electron chi connectivity index (χ1n) is 9.75. The smallest absolute Gasteiger partial charge is 0.251 e. The van der Waals surface area contributed by atoms with E-state index in [2.05, 4.69) is 27.6 Å². The molecule has 0 saturated heterocycles. The number of methoxy groups -OCH3 is 2. The van der Waals surface area contributed by atoms with Crippen LogP contribution in [0.3, 0.4) is 0 Å². The largest absolute Gasteiger partial charge is 0.497 e. The predicted molar refractivity (Wildman–Crippen MR) is 112 cm³/mol. The Balaban J connectivity index is 1.58. The van der Waals surface area contributed by atoms with E-state index < -0.39 is 0 Å². The molecule has 0 aliphatic heterocycles. The van der Waals surface area contributed by atoms with Crippen LogP contribution in [0.25, 0.3) is 22.5 Å². The molecular weight excluding hydrogens is 366 g/mol. The van der Waals surface area contributed by atoms with Crippen LogP contribution in [0.1, 0.15) is 28.4 Å². The fourth-order valence-electron chi connectivity index (χ4n) is 3.86. The van der Waals surface area contributed by atoms with E-state index in [4.69, 9.17) is 9.47 Å². The minimum atomic E-state index is -0.104. The molecule has 2 N–H and O–H groups in total. The second-order valence-corrected chi connectivity index (χ2v) is 7.36. The Morgan fingerprint density at radius 2 is 1.97 bits per heavy atom. The average molecular weight is 391 g/mol. The summed E-state index contributed by atoms with van der Waals surface area (Å²) in [6.45, 7) is 2.40. The van der Waals surface area contributed by atoms with E-state index in [-0.39, 0.29) is 11.9 Å². The normalized spacial score (nSPS) is 13.3. The SMILES string of the molecule is COC[C@H](C)NC(=O)c1ccc(-c2n[nH]c3c2CCc2cc(OC)ccc2-3)cc1. The van der Waals surface area contributed by atoms with E-state index in [0.29, 0.717) is 12.2 Å². The summed E-state index contributed by atoms with van der Waals surface area (Å²) >= 11 is 0. The number of nitrogens with one attached hydrogen (secondary N) is 2. The Morgan fingerprint density at radius 3 is 2.69 bits per heavy atom. The van der Waals surface area contributed by atoms with Crippen LogP contribution >= 0.6 is 0 Å². The Hall–Kier alpha value is -3.12. The molecule has 0 bridgehead atoms. The van der Waals surface area contributed by atoms with Gasteiger partial charge in [-0.05, 0) is 55.7 Å². The maximum Gasteiger partial charge on any atom is 0.251 e. The molecule has 1 heterocycles. The number of benzene rings is 2. The number of amides is 1. The second-order valence-electron chi connectivity index (χ2n) is 7.36. The lowest BCUT2D eigenvalue weighted by Crippen LogP contribution is -2.35. The number of aryl methyl sites for hydroxylation is 1. The first kappa shape index (κ1) is 19.2. The van der Waals surface area contributed by atoms with Crippen molar-refractivity contribution in [3.05, 3.63) is 59.2 Å². The number of aromatic amines is 1. The first-order chi connectivity index (χ1) is 14.1. The van der Waals surface area contributed by atoms with Crippen molar-refractivity contribution in [2.24, 2.45) is 0 Å². The van der Waals surface area contributed by atoms with Gasteiger partial charge >= 0.3 is 0 Å². The van der Waals surface area contributed by atoms with Gasteiger partial charge in [0.05, 0.1) is 25.1 Å². The van der Waals surface area contributed by atoms with E-state index in [1.54, 1.807) is 14.2 Å². The molecule has 4 rings (SSSR count).